The number of benzene rings is 1. The molecule has 1 atom stereocenters. The van der Waals surface area contributed by atoms with E-state index in [1.807, 2.05) is 0 Å². The van der Waals surface area contributed by atoms with E-state index in [9.17, 15) is 4.79 Å². The monoisotopic (exact) mass is 274 g/mol. The average Bonchev–Trinajstić information content (AvgIpc) is 2.97. The van der Waals surface area contributed by atoms with Crippen LogP contribution in [0, 0.1) is 0 Å². The first-order valence-electron chi connectivity index (χ1n) is 7.42. The molecule has 1 fully saturated rings. The molecule has 20 heavy (non-hydrogen) atoms. The molecule has 4 heteroatoms. The van der Waals surface area contributed by atoms with Crippen LogP contribution in [0.25, 0.3) is 0 Å². The number of likely N-dealkylation sites (N-methyl/N-ethyl adjacent to an activating group) is 1. The summed E-state index contributed by atoms with van der Waals surface area (Å²) in [5.74, 6) is -0.683. The molecule has 0 saturated carbocycles. The van der Waals surface area contributed by atoms with Crippen molar-refractivity contribution in [1.29, 1.82) is 0 Å². The zero-order chi connectivity index (χ0) is 14.1. The maximum Gasteiger partial charge on any atom is 0.304 e. The molecule has 2 aliphatic heterocycles. The normalized spacial score (nSPS) is 22.2. The van der Waals surface area contributed by atoms with E-state index in [0.29, 0.717) is 0 Å². The number of aliphatic carboxylic acids is 1. The number of carboxylic acid groups (broad SMARTS) is 1. The van der Waals surface area contributed by atoms with E-state index in [2.05, 4.69) is 35.0 Å². The molecule has 4 nitrogen and oxygen atoms in total. The van der Waals surface area contributed by atoms with Gasteiger partial charge >= 0.3 is 5.97 Å². The highest BCUT2D eigenvalue weighted by Gasteiger charge is 2.26. The van der Waals surface area contributed by atoms with Gasteiger partial charge in [0.15, 0.2) is 0 Å². The van der Waals surface area contributed by atoms with Crippen molar-refractivity contribution in [3.05, 3.63) is 29.3 Å². The zero-order valence-corrected chi connectivity index (χ0v) is 12.0. The minimum absolute atomic E-state index is 0.212. The highest BCUT2D eigenvalue weighted by molar-refractivity contribution is 5.67. The standard InChI is InChI=1S/C16H22N2O2/c1-17-8-6-13-9-12(4-5-15(13)17)11-18-7-2-3-14(18)10-16(19)20/h4-5,9,14H,2-3,6-8,10-11H2,1H3,(H,19,20). The molecule has 1 aromatic carbocycles. The van der Waals surface area contributed by atoms with Gasteiger partial charge in [0.25, 0.3) is 0 Å². The maximum atomic E-state index is 10.9. The number of carboxylic acids is 1. The lowest BCUT2D eigenvalue weighted by atomic mass is 10.1. The predicted octanol–water partition coefficient (Wildman–Crippen LogP) is 2.12. The van der Waals surface area contributed by atoms with Crippen molar-refractivity contribution < 1.29 is 9.90 Å². The molecule has 1 aromatic rings. The number of nitrogens with zero attached hydrogens (tertiary/aromatic N) is 2. The van der Waals surface area contributed by atoms with Crippen LogP contribution in [0.3, 0.4) is 0 Å². The summed E-state index contributed by atoms with van der Waals surface area (Å²) in [4.78, 5) is 15.5. The van der Waals surface area contributed by atoms with Gasteiger partial charge in [-0.05, 0) is 43.0 Å². The molecule has 0 aliphatic carbocycles. The Morgan fingerprint density at radius 2 is 2.25 bits per heavy atom. The number of carbonyl (C=O) groups is 1. The fourth-order valence-electron chi connectivity index (χ4n) is 3.49. The molecule has 0 aromatic heterocycles. The van der Waals surface area contributed by atoms with Gasteiger partial charge in [0.05, 0.1) is 6.42 Å². The summed E-state index contributed by atoms with van der Waals surface area (Å²) in [6.07, 6.45) is 3.53. The lowest BCUT2D eigenvalue weighted by molar-refractivity contribution is -0.138. The van der Waals surface area contributed by atoms with Gasteiger partial charge in [0, 0.05) is 31.9 Å². The van der Waals surface area contributed by atoms with Crippen molar-refractivity contribution in [2.45, 2.75) is 38.3 Å². The van der Waals surface area contributed by atoms with Crippen LogP contribution in [-0.2, 0) is 17.8 Å². The predicted molar refractivity (Wildman–Crippen MR) is 79.1 cm³/mol. The molecule has 3 rings (SSSR count). The Hall–Kier alpha value is -1.55. The zero-order valence-electron chi connectivity index (χ0n) is 12.0. The van der Waals surface area contributed by atoms with Crippen LogP contribution in [-0.4, -0.2) is 42.2 Å². The number of anilines is 1. The molecular formula is C16H22N2O2. The van der Waals surface area contributed by atoms with Gasteiger partial charge < -0.3 is 10.0 Å². The van der Waals surface area contributed by atoms with E-state index in [0.717, 1.165) is 38.9 Å². The molecular weight excluding hydrogens is 252 g/mol. The summed E-state index contributed by atoms with van der Waals surface area (Å²) in [6, 6.07) is 6.91. The minimum atomic E-state index is -0.683. The Kier molecular flexibility index (Phi) is 3.66. The van der Waals surface area contributed by atoms with E-state index >= 15 is 0 Å². The van der Waals surface area contributed by atoms with Crippen LogP contribution < -0.4 is 4.90 Å². The molecule has 0 bridgehead atoms. The minimum Gasteiger partial charge on any atom is -0.481 e. The molecule has 1 N–H and O–H groups in total. The summed E-state index contributed by atoms with van der Waals surface area (Å²) in [5, 5.41) is 8.98. The second kappa shape index (κ2) is 5.44. The van der Waals surface area contributed by atoms with Gasteiger partial charge in [0.2, 0.25) is 0 Å². The van der Waals surface area contributed by atoms with Crippen LogP contribution in [0.15, 0.2) is 18.2 Å². The van der Waals surface area contributed by atoms with Crippen LogP contribution in [0.2, 0.25) is 0 Å². The van der Waals surface area contributed by atoms with Crippen LogP contribution in [0.4, 0.5) is 5.69 Å². The van der Waals surface area contributed by atoms with Crippen molar-refractivity contribution in [3.8, 4) is 0 Å². The summed E-state index contributed by atoms with van der Waals surface area (Å²) in [7, 11) is 2.13. The fourth-order valence-corrected chi connectivity index (χ4v) is 3.49. The third-order valence-electron chi connectivity index (χ3n) is 4.57. The Labute approximate surface area is 120 Å². The van der Waals surface area contributed by atoms with E-state index in [4.69, 9.17) is 5.11 Å². The first-order chi connectivity index (χ1) is 9.63. The number of hydrogen-bond acceptors (Lipinski definition) is 3. The lowest BCUT2D eigenvalue weighted by Gasteiger charge is -2.23. The number of hydrogen-bond donors (Lipinski definition) is 1. The lowest BCUT2D eigenvalue weighted by Crippen LogP contribution is -2.30. The van der Waals surface area contributed by atoms with E-state index < -0.39 is 5.97 Å². The molecule has 108 valence electrons. The molecule has 0 radical (unpaired) electrons. The maximum absolute atomic E-state index is 10.9. The van der Waals surface area contributed by atoms with Crippen molar-refractivity contribution >= 4 is 11.7 Å². The number of fused-ring (bicyclic) bond motifs is 1. The number of likely N-dealkylation sites (tertiary alicyclic amines) is 1. The molecule has 0 spiro atoms. The Morgan fingerprint density at radius 3 is 3.05 bits per heavy atom. The number of rotatable bonds is 4. The van der Waals surface area contributed by atoms with E-state index in [1.165, 1.54) is 16.8 Å². The van der Waals surface area contributed by atoms with Crippen molar-refractivity contribution in [3.63, 3.8) is 0 Å². The van der Waals surface area contributed by atoms with Crippen LogP contribution in [0.1, 0.15) is 30.4 Å². The summed E-state index contributed by atoms with van der Waals surface area (Å²) in [5.41, 5.74) is 4.09. The molecule has 0 amide bonds. The summed E-state index contributed by atoms with van der Waals surface area (Å²) < 4.78 is 0. The topological polar surface area (TPSA) is 43.8 Å². The Balaban J connectivity index is 1.70. The molecule has 2 heterocycles. The van der Waals surface area contributed by atoms with Gasteiger partial charge in [-0.3, -0.25) is 9.69 Å². The van der Waals surface area contributed by atoms with Crippen molar-refractivity contribution in [2.24, 2.45) is 0 Å². The largest absolute Gasteiger partial charge is 0.481 e. The first kappa shape index (κ1) is 13.4. The van der Waals surface area contributed by atoms with Gasteiger partial charge in [-0.15, -0.1) is 0 Å². The molecule has 2 aliphatic rings. The van der Waals surface area contributed by atoms with Gasteiger partial charge in [-0.25, -0.2) is 0 Å². The second-order valence-electron chi connectivity index (χ2n) is 6.00. The highest BCUT2D eigenvalue weighted by Crippen LogP contribution is 2.29. The first-order valence-corrected chi connectivity index (χ1v) is 7.42. The van der Waals surface area contributed by atoms with Crippen LogP contribution >= 0.6 is 0 Å². The smallest absolute Gasteiger partial charge is 0.304 e. The fraction of sp³-hybridized carbons (Fsp3) is 0.562. The Bertz CT molecular complexity index is 515. The van der Waals surface area contributed by atoms with Crippen LogP contribution in [0.5, 0.6) is 0 Å². The van der Waals surface area contributed by atoms with E-state index in [1.54, 1.807) is 0 Å². The summed E-state index contributed by atoms with van der Waals surface area (Å²) in [6.45, 7) is 3.01. The van der Waals surface area contributed by atoms with Gasteiger partial charge in [0.1, 0.15) is 0 Å². The third kappa shape index (κ3) is 2.66. The van der Waals surface area contributed by atoms with E-state index in [-0.39, 0.29) is 12.5 Å². The highest BCUT2D eigenvalue weighted by atomic mass is 16.4. The Morgan fingerprint density at radius 1 is 1.40 bits per heavy atom. The third-order valence-corrected chi connectivity index (χ3v) is 4.57. The molecule has 1 saturated heterocycles. The van der Waals surface area contributed by atoms with Gasteiger partial charge in [-0.2, -0.15) is 0 Å². The average molecular weight is 274 g/mol. The quantitative estimate of drug-likeness (QED) is 0.913. The van der Waals surface area contributed by atoms with Gasteiger partial charge in [-0.1, -0.05) is 12.1 Å². The summed E-state index contributed by atoms with van der Waals surface area (Å²) >= 11 is 0. The van der Waals surface area contributed by atoms with Crippen molar-refractivity contribution in [1.82, 2.24) is 4.90 Å². The molecule has 1 unspecified atom stereocenters. The SMILES string of the molecule is CN1CCc2cc(CN3CCCC3CC(=O)O)ccc21. The second-order valence-corrected chi connectivity index (χ2v) is 6.00. The van der Waals surface area contributed by atoms with Crippen molar-refractivity contribution in [2.75, 3.05) is 25.0 Å².